The van der Waals surface area contributed by atoms with Gasteiger partial charge in [-0.05, 0) is 11.4 Å². The summed E-state index contributed by atoms with van der Waals surface area (Å²) < 4.78 is 0. The first kappa shape index (κ1) is 14.7. The zero-order valence-corrected chi connectivity index (χ0v) is 12.4. The summed E-state index contributed by atoms with van der Waals surface area (Å²) in [7, 11) is 0. The third-order valence-electron chi connectivity index (χ3n) is 2.44. The number of thiophene rings is 1. The number of carbonyl (C=O) groups is 1. The fraction of sp³-hybridized carbons (Fsp3) is 0.286. The molecular formula is C14H14N2O2S2. The number of hydrogen-bond donors (Lipinski definition) is 2. The van der Waals surface area contributed by atoms with Gasteiger partial charge in [-0.15, -0.1) is 22.7 Å². The van der Waals surface area contributed by atoms with Gasteiger partial charge in [-0.2, -0.15) is 0 Å². The van der Waals surface area contributed by atoms with E-state index in [0.717, 1.165) is 17.0 Å². The number of nitrogens with one attached hydrogen (secondary N) is 1. The molecule has 2 rings (SSSR count). The Bertz CT molecular complexity index is 609. The number of carbonyl (C=O) groups excluding carboxylic acids is 1. The van der Waals surface area contributed by atoms with E-state index >= 15 is 0 Å². The minimum atomic E-state index is -0.107. The molecule has 2 aromatic rings. The van der Waals surface area contributed by atoms with Gasteiger partial charge in [0.15, 0.2) is 0 Å². The van der Waals surface area contributed by atoms with Crippen molar-refractivity contribution in [3.63, 3.8) is 0 Å². The zero-order valence-electron chi connectivity index (χ0n) is 10.8. The van der Waals surface area contributed by atoms with Gasteiger partial charge < -0.3 is 10.4 Å². The van der Waals surface area contributed by atoms with Gasteiger partial charge in [-0.3, -0.25) is 4.79 Å². The lowest BCUT2D eigenvalue weighted by Gasteiger charge is -2.02. The Morgan fingerprint density at radius 3 is 3.05 bits per heavy atom. The molecule has 0 aromatic carbocycles. The van der Waals surface area contributed by atoms with Crippen LogP contribution in [-0.4, -0.2) is 29.1 Å². The van der Waals surface area contributed by atoms with Crippen molar-refractivity contribution < 1.29 is 9.90 Å². The summed E-state index contributed by atoms with van der Waals surface area (Å²) in [5.41, 5.74) is 0.718. The molecule has 0 saturated heterocycles. The molecule has 2 aromatic heterocycles. The molecule has 0 aliphatic carbocycles. The number of rotatable bonds is 5. The van der Waals surface area contributed by atoms with Gasteiger partial charge in [0.05, 0.1) is 11.6 Å². The van der Waals surface area contributed by atoms with E-state index in [1.54, 1.807) is 17.5 Å². The summed E-state index contributed by atoms with van der Waals surface area (Å²) in [6.45, 7) is 0.597. The van der Waals surface area contributed by atoms with Gasteiger partial charge in [0.25, 0.3) is 5.91 Å². The summed E-state index contributed by atoms with van der Waals surface area (Å²) in [4.78, 5) is 16.8. The van der Waals surface area contributed by atoms with Crippen LogP contribution in [0.2, 0.25) is 0 Å². The second-order valence-electron chi connectivity index (χ2n) is 3.87. The van der Waals surface area contributed by atoms with Gasteiger partial charge in [0.2, 0.25) is 0 Å². The number of nitrogens with zero attached hydrogens (tertiary/aromatic N) is 1. The van der Waals surface area contributed by atoms with Crippen molar-refractivity contribution in [1.82, 2.24) is 10.3 Å². The number of hydrogen-bond acceptors (Lipinski definition) is 5. The second-order valence-corrected chi connectivity index (χ2v) is 5.77. The van der Waals surface area contributed by atoms with Crippen molar-refractivity contribution in [3.8, 4) is 11.8 Å². The molecule has 0 bridgehead atoms. The molecule has 0 radical (unpaired) electrons. The van der Waals surface area contributed by atoms with E-state index in [0.29, 0.717) is 17.8 Å². The molecule has 6 heteroatoms. The number of thiazole rings is 1. The third-order valence-corrected chi connectivity index (χ3v) is 4.19. The Labute approximate surface area is 125 Å². The monoisotopic (exact) mass is 306 g/mol. The van der Waals surface area contributed by atoms with Crippen molar-refractivity contribution in [1.29, 1.82) is 0 Å². The number of aromatic nitrogens is 1. The average molecular weight is 306 g/mol. The van der Waals surface area contributed by atoms with Crippen LogP contribution in [0, 0.1) is 11.8 Å². The molecule has 20 heavy (non-hydrogen) atoms. The number of aliphatic hydroxyl groups excluding tert-OH is 1. The summed E-state index contributed by atoms with van der Waals surface area (Å²) >= 11 is 2.96. The Hall–Kier alpha value is -1.68. The molecule has 0 atom stereocenters. The molecule has 4 nitrogen and oxygen atoms in total. The van der Waals surface area contributed by atoms with E-state index in [9.17, 15) is 4.79 Å². The molecule has 1 amide bonds. The molecule has 2 heterocycles. The van der Waals surface area contributed by atoms with Gasteiger partial charge in [-0.25, -0.2) is 4.98 Å². The maximum atomic E-state index is 12.1. The summed E-state index contributed by atoms with van der Waals surface area (Å²) in [6, 6.07) is 1.82. The van der Waals surface area contributed by atoms with E-state index in [1.807, 2.05) is 16.8 Å². The van der Waals surface area contributed by atoms with Crippen LogP contribution in [0.4, 0.5) is 0 Å². The summed E-state index contributed by atoms with van der Waals surface area (Å²) in [5.74, 6) is 5.63. The largest absolute Gasteiger partial charge is 0.395 e. The van der Waals surface area contributed by atoms with E-state index in [1.165, 1.54) is 11.3 Å². The van der Waals surface area contributed by atoms with Crippen molar-refractivity contribution in [2.24, 2.45) is 0 Å². The van der Waals surface area contributed by atoms with Crippen LogP contribution >= 0.6 is 22.7 Å². The van der Waals surface area contributed by atoms with Crippen molar-refractivity contribution in [2.45, 2.75) is 12.8 Å². The predicted molar refractivity (Wildman–Crippen MR) is 81.1 cm³/mol. The molecule has 0 saturated carbocycles. The van der Waals surface area contributed by atoms with Crippen LogP contribution in [-0.2, 0) is 6.42 Å². The second kappa shape index (κ2) is 7.80. The van der Waals surface area contributed by atoms with Crippen molar-refractivity contribution in [2.75, 3.05) is 13.2 Å². The smallest absolute Gasteiger partial charge is 0.262 e. The SMILES string of the molecule is O=C(NCCc1nccs1)c1sccc1C#CCCO. The van der Waals surface area contributed by atoms with Gasteiger partial charge in [-0.1, -0.05) is 11.8 Å². The van der Waals surface area contributed by atoms with E-state index in [2.05, 4.69) is 22.1 Å². The molecule has 0 fully saturated rings. The molecule has 0 aliphatic rings. The fourth-order valence-corrected chi connectivity index (χ4v) is 2.92. The lowest BCUT2D eigenvalue weighted by atomic mass is 10.2. The lowest BCUT2D eigenvalue weighted by Crippen LogP contribution is -2.25. The first-order valence-corrected chi connectivity index (χ1v) is 7.91. The number of amides is 1. The van der Waals surface area contributed by atoms with Gasteiger partial charge in [0.1, 0.15) is 4.88 Å². The molecule has 0 unspecified atom stereocenters. The molecule has 104 valence electrons. The Morgan fingerprint density at radius 2 is 2.30 bits per heavy atom. The maximum absolute atomic E-state index is 12.1. The highest BCUT2D eigenvalue weighted by atomic mass is 32.1. The first-order valence-electron chi connectivity index (χ1n) is 6.15. The van der Waals surface area contributed by atoms with Crippen LogP contribution in [0.3, 0.4) is 0 Å². The van der Waals surface area contributed by atoms with Crippen LogP contribution in [0.1, 0.15) is 26.7 Å². The van der Waals surface area contributed by atoms with Crippen molar-refractivity contribution in [3.05, 3.63) is 38.5 Å². The Kier molecular flexibility index (Phi) is 5.74. The van der Waals surface area contributed by atoms with Crippen LogP contribution < -0.4 is 5.32 Å². The summed E-state index contributed by atoms with van der Waals surface area (Å²) in [5, 5.41) is 16.4. The van der Waals surface area contributed by atoms with Gasteiger partial charge >= 0.3 is 0 Å². The molecule has 0 aliphatic heterocycles. The highest BCUT2D eigenvalue weighted by Gasteiger charge is 2.11. The first-order chi connectivity index (χ1) is 9.81. The Morgan fingerprint density at radius 1 is 1.40 bits per heavy atom. The van der Waals surface area contributed by atoms with Crippen LogP contribution in [0.5, 0.6) is 0 Å². The predicted octanol–water partition coefficient (Wildman–Crippen LogP) is 1.91. The van der Waals surface area contributed by atoms with Gasteiger partial charge in [0, 0.05) is 36.5 Å². The fourth-order valence-electron chi connectivity index (χ4n) is 1.54. The van der Waals surface area contributed by atoms with Crippen LogP contribution in [0.25, 0.3) is 0 Å². The standard InChI is InChI=1S/C14H14N2O2S2/c17-8-2-1-3-11-5-9-20-13(11)14(18)16-6-4-12-15-7-10-19-12/h5,7,9-10,17H,2,4,6,8H2,(H,16,18). The van der Waals surface area contributed by atoms with E-state index in [4.69, 9.17) is 5.11 Å². The maximum Gasteiger partial charge on any atom is 0.262 e. The minimum absolute atomic E-state index is 0.0342. The normalized spacial score (nSPS) is 9.85. The zero-order chi connectivity index (χ0) is 14.2. The molecular weight excluding hydrogens is 292 g/mol. The van der Waals surface area contributed by atoms with Crippen molar-refractivity contribution >= 4 is 28.6 Å². The average Bonchev–Trinajstić information content (AvgIpc) is 3.10. The third kappa shape index (κ3) is 4.17. The highest BCUT2D eigenvalue weighted by Crippen LogP contribution is 2.15. The molecule has 2 N–H and O–H groups in total. The Balaban J connectivity index is 1.89. The minimum Gasteiger partial charge on any atom is -0.395 e. The highest BCUT2D eigenvalue weighted by molar-refractivity contribution is 7.12. The van der Waals surface area contributed by atoms with E-state index in [-0.39, 0.29) is 12.5 Å². The summed E-state index contributed by atoms with van der Waals surface area (Å²) in [6.07, 6.45) is 2.91. The van der Waals surface area contributed by atoms with Crippen LogP contribution in [0.15, 0.2) is 23.0 Å². The lowest BCUT2D eigenvalue weighted by molar-refractivity contribution is 0.0958. The van der Waals surface area contributed by atoms with E-state index < -0.39 is 0 Å². The molecule has 0 spiro atoms. The topological polar surface area (TPSA) is 62.2 Å². The number of aliphatic hydroxyl groups is 1. The quantitative estimate of drug-likeness (QED) is 0.830.